The molecule has 0 saturated carbocycles. The van der Waals surface area contributed by atoms with Crippen molar-refractivity contribution in [2.45, 2.75) is 6.54 Å². The Morgan fingerprint density at radius 3 is 2.62 bits per heavy atom. The highest BCUT2D eigenvalue weighted by molar-refractivity contribution is 5.52. The second-order valence-corrected chi connectivity index (χ2v) is 2.60. The van der Waals surface area contributed by atoms with Gasteiger partial charge in [0.2, 0.25) is 6.29 Å². The summed E-state index contributed by atoms with van der Waals surface area (Å²) in [6.07, 6.45) is 1.77. The molecule has 1 radical (unpaired) electrons. The molecule has 0 aliphatic carbocycles. The SMILES string of the molecule is COc1ccc(CNC[C]=O)cc1. The van der Waals surface area contributed by atoms with Crippen molar-refractivity contribution in [2.75, 3.05) is 13.7 Å². The first-order valence-corrected chi connectivity index (χ1v) is 4.05. The fourth-order valence-electron chi connectivity index (χ4n) is 1.00. The molecule has 0 fully saturated rings. The van der Waals surface area contributed by atoms with E-state index >= 15 is 0 Å². The van der Waals surface area contributed by atoms with Crippen LogP contribution in [0.2, 0.25) is 0 Å². The summed E-state index contributed by atoms with van der Waals surface area (Å²) in [5, 5.41) is 2.92. The summed E-state index contributed by atoms with van der Waals surface area (Å²) in [6.45, 7) is 0.950. The van der Waals surface area contributed by atoms with E-state index in [1.54, 1.807) is 13.4 Å². The third kappa shape index (κ3) is 3.25. The van der Waals surface area contributed by atoms with Crippen LogP contribution < -0.4 is 10.1 Å². The molecular weight excluding hydrogens is 166 g/mol. The maximum absolute atomic E-state index is 9.89. The Kier molecular flexibility index (Phi) is 3.99. The molecule has 1 aromatic rings. The number of rotatable bonds is 5. The Morgan fingerprint density at radius 1 is 1.38 bits per heavy atom. The molecule has 0 spiro atoms. The van der Waals surface area contributed by atoms with Crippen molar-refractivity contribution in [3.63, 3.8) is 0 Å². The molecule has 3 heteroatoms. The van der Waals surface area contributed by atoms with E-state index in [2.05, 4.69) is 5.32 Å². The van der Waals surface area contributed by atoms with E-state index < -0.39 is 0 Å². The monoisotopic (exact) mass is 178 g/mol. The summed E-state index contributed by atoms with van der Waals surface area (Å²) in [6, 6.07) is 7.69. The van der Waals surface area contributed by atoms with E-state index in [0.29, 0.717) is 6.54 Å². The van der Waals surface area contributed by atoms with Crippen molar-refractivity contribution in [1.82, 2.24) is 5.32 Å². The van der Waals surface area contributed by atoms with E-state index in [0.717, 1.165) is 11.3 Å². The van der Waals surface area contributed by atoms with Crippen LogP contribution in [0.1, 0.15) is 5.56 Å². The zero-order valence-electron chi connectivity index (χ0n) is 7.54. The minimum absolute atomic E-state index is 0.270. The molecule has 69 valence electrons. The van der Waals surface area contributed by atoms with Crippen molar-refractivity contribution < 1.29 is 9.53 Å². The van der Waals surface area contributed by atoms with Crippen LogP contribution in [-0.2, 0) is 11.3 Å². The van der Waals surface area contributed by atoms with Gasteiger partial charge in [-0.1, -0.05) is 12.1 Å². The van der Waals surface area contributed by atoms with Gasteiger partial charge in [-0.3, -0.25) is 4.79 Å². The largest absolute Gasteiger partial charge is 0.497 e. The number of hydrogen-bond donors (Lipinski definition) is 1. The molecule has 1 rings (SSSR count). The van der Waals surface area contributed by atoms with Gasteiger partial charge in [-0.2, -0.15) is 0 Å². The summed E-state index contributed by atoms with van der Waals surface area (Å²) in [7, 11) is 1.63. The maximum Gasteiger partial charge on any atom is 0.213 e. The molecule has 0 atom stereocenters. The highest BCUT2D eigenvalue weighted by Gasteiger charge is 1.93. The molecular formula is C10H12NO2. The highest BCUT2D eigenvalue weighted by atomic mass is 16.5. The van der Waals surface area contributed by atoms with Crippen molar-refractivity contribution in [2.24, 2.45) is 0 Å². The number of carbonyl (C=O) groups excluding carboxylic acids is 1. The van der Waals surface area contributed by atoms with E-state index in [4.69, 9.17) is 4.74 Å². The van der Waals surface area contributed by atoms with Crippen LogP contribution in [0.25, 0.3) is 0 Å². The summed E-state index contributed by atoms with van der Waals surface area (Å²) >= 11 is 0. The van der Waals surface area contributed by atoms with E-state index in [-0.39, 0.29) is 6.54 Å². The van der Waals surface area contributed by atoms with Crippen LogP contribution in [-0.4, -0.2) is 19.9 Å². The zero-order chi connectivity index (χ0) is 9.52. The fraction of sp³-hybridized carbons (Fsp3) is 0.300. The zero-order valence-corrected chi connectivity index (χ0v) is 7.54. The number of hydrogen-bond acceptors (Lipinski definition) is 3. The van der Waals surface area contributed by atoms with Gasteiger partial charge >= 0.3 is 0 Å². The Bertz CT molecular complexity index is 256. The molecule has 0 amide bonds. The lowest BCUT2D eigenvalue weighted by molar-refractivity contribution is 0.414. The molecule has 13 heavy (non-hydrogen) atoms. The Hall–Kier alpha value is -1.35. The second kappa shape index (κ2) is 5.32. The van der Waals surface area contributed by atoms with E-state index in [9.17, 15) is 4.79 Å². The lowest BCUT2D eigenvalue weighted by atomic mass is 10.2. The van der Waals surface area contributed by atoms with Gasteiger partial charge in [-0.15, -0.1) is 0 Å². The number of benzene rings is 1. The molecule has 1 aromatic carbocycles. The average molecular weight is 178 g/mol. The van der Waals surface area contributed by atoms with Crippen LogP contribution in [0.15, 0.2) is 24.3 Å². The fourth-order valence-corrected chi connectivity index (χ4v) is 1.00. The normalized spacial score (nSPS) is 9.62. The quantitative estimate of drug-likeness (QED) is 0.681. The van der Waals surface area contributed by atoms with Gasteiger partial charge in [-0.05, 0) is 17.7 Å². The number of nitrogens with one attached hydrogen (secondary N) is 1. The lowest BCUT2D eigenvalue weighted by Crippen LogP contribution is -2.15. The molecule has 3 nitrogen and oxygen atoms in total. The Morgan fingerprint density at radius 2 is 2.08 bits per heavy atom. The molecule has 0 unspecified atom stereocenters. The van der Waals surface area contributed by atoms with Gasteiger partial charge in [0.15, 0.2) is 0 Å². The smallest absolute Gasteiger partial charge is 0.213 e. The minimum Gasteiger partial charge on any atom is -0.497 e. The first kappa shape index (κ1) is 9.74. The van der Waals surface area contributed by atoms with E-state index in [1.807, 2.05) is 24.3 Å². The molecule has 1 N–H and O–H groups in total. The number of ether oxygens (including phenoxy) is 1. The van der Waals surface area contributed by atoms with Gasteiger partial charge in [0, 0.05) is 6.54 Å². The highest BCUT2D eigenvalue weighted by Crippen LogP contribution is 2.10. The number of methoxy groups -OCH3 is 1. The van der Waals surface area contributed by atoms with Gasteiger partial charge in [0.1, 0.15) is 5.75 Å². The van der Waals surface area contributed by atoms with E-state index in [1.165, 1.54) is 0 Å². The predicted octanol–water partition coefficient (Wildman–Crippen LogP) is 0.895. The summed E-state index contributed by atoms with van der Waals surface area (Å²) < 4.78 is 5.01. The van der Waals surface area contributed by atoms with Crippen LogP contribution in [0.5, 0.6) is 5.75 Å². The molecule has 0 aliphatic rings. The Balaban J connectivity index is 2.44. The first-order valence-electron chi connectivity index (χ1n) is 4.05. The van der Waals surface area contributed by atoms with Crippen molar-refractivity contribution in [1.29, 1.82) is 0 Å². The van der Waals surface area contributed by atoms with Gasteiger partial charge < -0.3 is 10.1 Å². The van der Waals surface area contributed by atoms with Crippen LogP contribution in [0.4, 0.5) is 0 Å². The third-order valence-electron chi connectivity index (χ3n) is 1.69. The third-order valence-corrected chi connectivity index (χ3v) is 1.69. The van der Waals surface area contributed by atoms with Gasteiger partial charge in [0.25, 0.3) is 0 Å². The van der Waals surface area contributed by atoms with Crippen molar-refractivity contribution in [3.8, 4) is 5.75 Å². The topological polar surface area (TPSA) is 38.3 Å². The van der Waals surface area contributed by atoms with Crippen LogP contribution >= 0.6 is 0 Å². The average Bonchev–Trinajstić information content (AvgIpc) is 2.19. The summed E-state index contributed by atoms with van der Waals surface area (Å²) in [4.78, 5) is 9.89. The molecule has 0 saturated heterocycles. The first-order chi connectivity index (χ1) is 6.36. The minimum atomic E-state index is 0.270. The van der Waals surface area contributed by atoms with Crippen molar-refractivity contribution in [3.05, 3.63) is 29.8 Å². The van der Waals surface area contributed by atoms with Crippen LogP contribution in [0.3, 0.4) is 0 Å². The molecule has 0 heterocycles. The summed E-state index contributed by atoms with van der Waals surface area (Å²) in [5.74, 6) is 0.839. The molecule has 0 aliphatic heterocycles. The maximum atomic E-state index is 9.89. The molecule has 0 aromatic heterocycles. The lowest BCUT2D eigenvalue weighted by Gasteiger charge is -2.02. The van der Waals surface area contributed by atoms with Crippen LogP contribution in [0, 0.1) is 0 Å². The Labute approximate surface area is 77.7 Å². The summed E-state index contributed by atoms with van der Waals surface area (Å²) in [5.41, 5.74) is 1.12. The van der Waals surface area contributed by atoms with Crippen molar-refractivity contribution >= 4 is 6.29 Å². The van der Waals surface area contributed by atoms with Gasteiger partial charge in [-0.25, -0.2) is 0 Å². The van der Waals surface area contributed by atoms with Gasteiger partial charge in [0.05, 0.1) is 13.7 Å². The molecule has 0 bridgehead atoms. The second-order valence-electron chi connectivity index (χ2n) is 2.60. The predicted molar refractivity (Wildman–Crippen MR) is 50.4 cm³/mol. The standard InChI is InChI=1S/C10H12NO2/c1-13-10-4-2-9(3-5-10)8-11-6-7-12/h2-5,11H,6,8H2,1H3.